The summed E-state index contributed by atoms with van der Waals surface area (Å²) in [6.45, 7) is 1.77. The standard InChI is InChI=1S/C25H24ClFN2O/c1-15-12-23-20(13-22(15)27)19(8-11-28-23)16-6-9-25(10-7-16)14-21(25)24(30)29-18-4-2-17(26)3-5-18/h2-5,8,11-13,16,21H,6-7,9-10,14H2,1H3,(H,29,30). The van der Waals surface area contributed by atoms with Crippen LogP contribution in [0.2, 0.25) is 5.02 Å². The molecule has 3 nitrogen and oxygen atoms in total. The number of halogens is 2. The Balaban J connectivity index is 1.27. The van der Waals surface area contributed by atoms with Crippen LogP contribution in [0.15, 0.2) is 48.7 Å². The van der Waals surface area contributed by atoms with Gasteiger partial charge in [-0.1, -0.05) is 11.6 Å². The van der Waals surface area contributed by atoms with Crippen molar-refractivity contribution in [1.29, 1.82) is 0 Å². The van der Waals surface area contributed by atoms with Crippen LogP contribution in [-0.2, 0) is 4.79 Å². The highest BCUT2D eigenvalue weighted by molar-refractivity contribution is 6.30. The largest absolute Gasteiger partial charge is 0.326 e. The van der Waals surface area contributed by atoms with E-state index in [1.54, 1.807) is 25.1 Å². The summed E-state index contributed by atoms with van der Waals surface area (Å²) in [5, 5.41) is 4.62. The van der Waals surface area contributed by atoms with Crippen LogP contribution in [0, 0.1) is 24.1 Å². The molecule has 1 amide bonds. The molecule has 1 spiro atoms. The van der Waals surface area contributed by atoms with E-state index >= 15 is 0 Å². The number of pyridine rings is 1. The summed E-state index contributed by atoms with van der Waals surface area (Å²) in [4.78, 5) is 17.2. The SMILES string of the molecule is Cc1cc2nccc(C3CCC4(CC3)CC4C(=O)Nc3ccc(Cl)cc3)c2cc1F. The lowest BCUT2D eigenvalue weighted by Gasteiger charge is -2.30. The molecule has 1 unspecified atom stereocenters. The fraction of sp³-hybridized carbons (Fsp3) is 0.360. The molecule has 154 valence electrons. The Morgan fingerprint density at radius 2 is 1.90 bits per heavy atom. The molecular formula is C25H24ClFN2O. The van der Waals surface area contributed by atoms with Crippen LogP contribution in [-0.4, -0.2) is 10.9 Å². The molecule has 2 saturated carbocycles. The number of hydrogen-bond donors (Lipinski definition) is 1. The van der Waals surface area contributed by atoms with Gasteiger partial charge in [-0.05, 0) is 104 Å². The third kappa shape index (κ3) is 3.47. The molecule has 30 heavy (non-hydrogen) atoms. The Morgan fingerprint density at radius 1 is 1.17 bits per heavy atom. The molecule has 1 atom stereocenters. The summed E-state index contributed by atoms with van der Waals surface area (Å²) in [5.74, 6) is 0.417. The lowest BCUT2D eigenvalue weighted by Crippen LogP contribution is -2.22. The zero-order valence-corrected chi connectivity index (χ0v) is 17.7. The van der Waals surface area contributed by atoms with Crippen molar-refractivity contribution in [3.63, 3.8) is 0 Å². The molecule has 3 aromatic rings. The van der Waals surface area contributed by atoms with Crippen molar-refractivity contribution in [3.05, 3.63) is 70.6 Å². The second-order valence-corrected chi connectivity index (χ2v) is 9.34. The minimum atomic E-state index is -0.176. The van der Waals surface area contributed by atoms with E-state index in [0.717, 1.165) is 48.7 Å². The monoisotopic (exact) mass is 422 g/mol. The van der Waals surface area contributed by atoms with Crippen molar-refractivity contribution in [3.8, 4) is 0 Å². The van der Waals surface area contributed by atoms with Gasteiger partial charge in [0.15, 0.2) is 0 Å². The summed E-state index contributed by atoms with van der Waals surface area (Å²) >= 11 is 5.92. The lowest BCUT2D eigenvalue weighted by atomic mass is 9.75. The van der Waals surface area contributed by atoms with Crippen molar-refractivity contribution in [1.82, 2.24) is 4.98 Å². The fourth-order valence-corrected chi connectivity index (χ4v) is 5.31. The molecule has 0 bridgehead atoms. The highest BCUT2D eigenvalue weighted by atomic mass is 35.5. The van der Waals surface area contributed by atoms with E-state index in [1.807, 2.05) is 30.5 Å². The zero-order valence-electron chi connectivity index (χ0n) is 16.9. The molecule has 1 heterocycles. The molecular weight excluding hydrogens is 399 g/mol. The highest BCUT2D eigenvalue weighted by Gasteiger charge is 2.58. The van der Waals surface area contributed by atoms with E-state index < -0.39 is 0 Å². The Kier molecular flexibility index (Phi) is 4.78. The quantitative estimate of drug-likeness (QED) is 0.514. The maximum Gasteiger partial charge on any atom is 0.228 e. The first-order chi connectivity index (χ1) is 14.4. The molecule has 2 aliphatic rings. The van der Waals surface area contributed by atoms with Crippen LogP contribution >= 0.6 is 11.6 Å². The van der Waals surface area contributed by atoms with Crippen LogP contribution in [0.25, 0.3) is 10.9 Å². The minimum absolute atomic E-state index is 0.0865. The zero-order chi connectivity index (χ0) is 20.9. The van der Waals surface area contributed by atoms with Gasteiger partial charge in [0.1, 0.15) is 5.82 Å². The molecule has 5 rings (SSSR count). The van der Waals surface area contributed by atoms with Gasteiger partial charge in [0.25, 0.3) is 0 Å². The van der Waals surface area contributed by atoms with Crippen LogP contribution in [0.4, 0.5) is 10.1 Å². The van der Waals surface area contributed by atoms with Gasteiger partial charge < -0.3 is 5.32 Å². The Morgan fingerprint density at radius 3 is 2.63 bits per heavy atom. The number of nitrogens with zero attached hydrogens (tertiary/aromatic N) is 1. The molecule has 2 fully saturated rings. The van der Waals surface area contributed by atoms with Crippen LogP contribution < -0.4 is 5.32 Å². The molecule has 0 saturated heterocycles. The second kappa shape index (κ2) is 7.35. The molecule has 1 aromatic heterocycles. The van der Waals surface area contributed by atoms with Crippen molar-refractivity contribution >= 4 is 34.1 Å². The summed E-state index contributed by atoms with van der Waals surface area (Å²) in [6.07, 6.45) is 6.92. The maximum atomic E-state index is 14.2. The molecule has 2 aliphatic carbocycles. The van der Waals surface area contributed by atoms with Gasteiger partial charge in [0.05, 0.1) is 5.52 Å². The number of rotatable bonds is 3. The molecule has 1 N–H and O–H groups in total. The summed E-state index contributed by atoms with van der Waals surface area (Å²) < 4.78 is 14.2. The first-order valence-corrected chi connectivity index (χ1v) is 10.9. The average molecular weight is 423 g/mol. The van der Waals surface area contributed by atoms with Gasteiger partial charge >= 0.3 is 0 Å². The molecule has 0 radical (unpaired) electrons. The lowest BCUT2D eigenvalue weighted by molar-refractivity contribution is -0.118. The molecule has 0 aliphatic heterocycles. The first kappa shape index (κ1) is 19.5. The number of anilines is 1. The van der Waals surface area contributed by atoms with E-state index in [-0.39, 0.29) is 23.1 Å². The van der Waals surface area contributed by atoms with Crippen molar-refractivity contribution in [2.75, 3.05) is 5.32 Å². The van der Waals surface area contributed by atoms with Crippen molar-refractivity contribution in [2.45, 2.75) is 44.9 Å². The smallest absolute Gasteiger partial charge is 0.228 e. The number of hydrogen-bond acceptors (Lipinski definition) is 2. The normalized spacial score (nSPS) is 25.4. The summed E-state index contributed by atoms with van der Waals surface area (Å²) in [5.41, 5.74) is 3.61. The maximum absolute atomic E-state index is 14.2. The number of fused-ring (bicyclic) bond motifs is 1. The number of carbonyl (C=O) groups excluding carboxylic acids is 1. The number of aryl methyl sites for hydroxylation is 1. The van der Waals surface area contributed by atoms with E-state index in [4.69, 9.17) is 11.6 Å². The minimum Gasteiger partial charge on any atom is -0.326 e. The topological polar surface area (TPSA) is 42.0 Å². The highest BCUT2D eigenvalue weighted by Crippen LogP contribution is 2.63. The second-order valence-electron chi connectivity index (χ2n) is 8.91. The van der Waals surface area contributed by atoms with Crippen LogP contribution in [0.3, 0.4) is 0 Å². The third-order valence-corrected chi connectivity index (χ3v) is 7.35. The van der Waals surface area contributed by atoms with Gasteiger partial charge in [-0.25, -0.2) is 4.39 Å². The first-order valence-electron chi connectivity index (χ1n) is 10.6. The van der Waals surface area contributed by atoms with E-state index in [2.05, 4.69) is 10.3 Å². The number of nitrogens with one attached hydrogen (secondary N) is 1. The van der Waals surface area contributed by atoms with Crippen molar-refractivity contribution in [2.24, 2.45) is 11.3 Å². The number of benzene rings is 2. The van der Waals surface area contributed by atoms with Gasteiger partial charge in [0, 0.05) is 28.2 Å². The van der Waals surface area contributed by atoms with Crippen molar-refractivity contribution < 1.29 is 9.18 Å². The fourth-order valence-electron chi connectivity index (χ4n) is 5.19. The predicted molar refractivity (Wildman–Crippen MR) is 118 cm³/mol. The van der Waals surface area contributed by atoms with Crippen LogP contribution in [0.1, 0.15) is 49.1 Å². The predicted octanol–water partition coefficient (Wildman–Crippen LogP) is 6.64. The summed E-state index contributed by atoms with van der Waals surface area (Å²) in [6, 6.07) is 12.7. The number of amides is 1. The van der Waals surface area contributed by atoms with Gasteiger partial charge in [-0.3, -0.25) is 9.78 Å². The van der Waals surface area contributed by atoms with E-state index in [0.29, 0.717) is 16.5 Å². The van der Waals surface area contributed by atoms with Gasteiger partial charge in [0.2, 0.25) is 5.91 Å². The number of aromatic nitrogens is 1. The van der Waals surface area contributed by atoms with Crippen LogP contribution in [0.5, 0.6) is 0 Å². The Bertz CT molecular complexity index is 1120. The Labute approximate surface area is 180 Å². The number of carbonyl (C=O) groups is 1. The molecule has 5 heteroatoms. The molecule has 2 aromatic carbocycles. The van der Waals surface area contributed by atoms with E-state index in [9.17, 15) is 9.18 Å². The van der Waals surface area contributed by atoms with Gasteiger partial charge in [-0.2, -0.15) is 0 Å². The van der Waals surface area contributed by atoms with Gasteiger partial charge in [-0.15, -0.1) is 0 Å². The average Bonchev–Trinajstić information content (AvgIpc) is 3.44. The Hall–Kier alpha value is -2.46. The summed E-state index contributed by atoms with van der Waals surface area (Å²) in [7, 11) is 0. The van der Waals surface area contributed by atoms with E-state index in [1.165, 1.54) is 5.56 Å². The third-order valence-electron chi connectivity index (χ3n) is 7.09.